The third kappa shape index (κ3) is 2.68. The molecule has 3 heteroatoms. The largest absolute Gasteiger partial charge is 0.323 e. The highest BCUT2D eigenvalue weighted by atomic mass is 15.3. The van der Waals surface area contributed by atoms with E-state index in [0.717, 1.165) is 19.6 Å². The molecule has 2 unspecified atom stereocenters. The fraction of sp³-hybridized carbons (Fsp3) is 0.571. The Morgan fingerprint density at radius 2 is 1.94 bits per heavy atom. The molecule has 0 amide bonds. The quantitative estimate of drug-likeness (QED) is 0.834. The van der Waals surface area contributed by atoms with Crippen LogP contribution in [0.15, 0.2) is 24.3 Å². The Hall–Kier alpha value is -0.900. The third-order valence-electron chi connectivity index (χ3n) is 3.86. The van der Waals surface area contributed by atoms with E-state index in [2.05, 4.69) is 55.1 Å². The molecule has 1 heterocycles. The zero-order valence-electron chi connectivity index (χ0n) is 11.1. The lowest BCUT2D eigenvalue weighted by molar-refractivity contribution is 0.0973. The first kappa shape index (κ1) is 12.6. The number of aryl methyl sites for hydroxylation is 1. The maximum atomic E-state index is 6.45. The fourth-order valence-electron chi connectivity index (χ4n) is 2.60. The van der Waals surface area contributed by atoms with Gasteiger partial charge in [0.05, 0.1) is 0 Å². The van der Waals surface area contributed by atoms with Gasteiger partial charge in [0, 0.05) is 31.7 Å². The molecule has 17 heavy (non-hydrogen) atoms. The molecule has 0 aliphatic carbocycles. The van der Waals surface area contributed by atoms with Crippen molar-refractivity contribution in [3.63, 3.8) is 0 Å². The number of benzene rings is 1. The van der Waals surface area contributed by atoms with Crippen LogP contribution in [0.3, 0.4) is 0 Å². The Morgan fingerprint density at radius 3 is 2.65 bits per heavy atom. The second-order valence-corrected chi connectivity index (χ2v) is 5.19. The zero-order chi connectivity index (χ0) is 12.4. The van der Waals surface area contributed by atoms with Crippen LogP contribution in [0.1, 0.15) is 17.2 Å². The highest BCUT2D eigenvalue weighted by Gasteiger charge is 2.28. The van der Waals surface area contributed by atoms with E-state index in [1.165, 1.54) is 11.1 Å². The van der Waals surface area contributed by atoms with E-state index in [-0.39, 0.29) is 6.04 Å². The maximum Gasteiger partial charge on any atom is 0.0468 e. The van der Waals surface area contributed by atoms with Crippen LogP contribution in [0.4, 0.5) is 0 Å². The van der Waals surface area contributed by atoms with Crippen molar-refractivity contribution in [1.82, 2.24) is 9.80 Å². The van der Waals surface area contributed by atoms with Crippen LogP contribution < -0.4 is 5.73 Å². The molecule has 1 aromatic rings. The third-order valence-corrected chi connectivity index (χ3v) is 3.86. The minimum absolute atomic E-state index is 0.101. The summed E-state index contributed by atoms with van der Waals surface area (Å²) in [6.07, 6.45) is 0. The number of rotatable bonds is 2. The Labute approximate surface area is 104 Å². The smallest absolute Gasteiger partial charge is 0.0468 e. The lowest BCUT2D eigenvalue weighted by Crippen LogP contribution is -2.54. The SMILES string of the molecule is Cc1ccccc1C(N)C1CN(C)CCN1C. The van der Waals surface area contributed by atoms with Gasteiger partial charge in [-0.1, -0.05) is 24.3 Å². The van der Waals surface area contributed by atoms with E-state index < -0.39 is 0 Å². The molecule has 0 radical (unpaired) electrons. The Kier molecular flexibility index (Phi) is 3.82. The van der Waals surface area contributed by atoms with Crippen molar-refractivity contribution in [2.45, 2.75) is 19.0 Å². The van der Waals surface area contributed by atoms with Gasteiger partial charge in [0.2, 0.25) is 0 Å². The van der Waals surface area contributed by atoms with E-state index in [9.17, 15) is 0 Å². The topological polar surface area (TPSA) is 32.5 Å². The van der Waals surface area contributed by atoms with Gasteiger partial charge in [-0.15, -0.1) is 0 Å². The monoisotopic (exact) mass is 233 g/mol. The summed E-state index contributed by atoms with van der Waals surface area (Å²) in [6.45, 7) is 5.42. The molecule has 1 aliphatic rings. The van der Waals surface area contributed by atoms with Gasteiger partial charge < -0.3 is 10.6 Å². The van der Waals surface area contributed by atoms with Crippen molar-refractivity contribution in [2.24, 2.45) is 5.73 Å². The van der Waals surface area contributed by atoms with Crippen LogP contribution in [-0.2, 0) is 0 Å². The predicted octanol–water partition coefficient (Wildman–Crippen LogP) is 1.24. The maximum absolute atomic E-state index is 6.45. The van der Waals surface area contributed by atoms with Crippen molar-refractivity contribution < 1.29 is 0 Å². The van der Waals surface area contributed by atoms with Crippen LogP contribution in [0, 0.1) is 6.92 Å². The van der Waals surface area contributed by atoms with Gasteiger partial charge in [0.15, 0.2) is 0 Å². The number of hydrogen-bond acceptors (Lipinski definition) is 3. The molecule has 2 N–H and O–H groups in total. The van der Waals surface area contributed by atoms with Crippen LogP contribution in [0.25, 0.3) is 0 Å². The molecular weight excluding hydrogens is 210 g/mol. The van der Waals surface area contributed by atoms with E-state index in [4.69, 9.17) is 5.73 Å². The molecule has 1 aliphatic heterocycles. The molecule has 0 saturated carbocycles. The lowest BCUT2D eigenvalue weighted by atomic mass is 9.94. The highest BCUT2D eigenvalue weighted by molar-refractivity contribution is 5.29. The molecule has 94 valence electrons. The van der Waals surface area contributed by atoms with Gasteiger partial charge in [-0.25, -0.2) is 0 Å². The second-order valence-electron chi connectivity index (χ2n) is 5.19. The standard InChI is InChI=1S/C14H23N3/c1-11-6-4-5-7-12(11)14(15)13-10-16(2)8-9-17(13)3/h4-7,13-14H,8-10,15H2,1-3H3. The van der Waals surface area contributed by atoms with Crippen molar-refractivity contribution in [1.29, 1.82) is 0 Å². The number of likely N-dealkylation sites (N-methyl/N-ethyl adjacent to an activating group) is 2. The predicted molar refractivity (Wildman–Crippen MR) is 72.0 cm³/mol. The van der Waals surface area contributed by atoms with Crippen LogP contribution in [0.2, 0.25) is 0 Å². The van der Waals surface area contributed by atoms with Crippen molar-refractivity contribution in [3.8, 4) is 0 Å². The van der Waals surface area contributed by atoms with Gasteiger partial charge in [0.1, 0.15) is 0 Å². The summed E-state index contributed by atoms with van der Waals surface area (Å²) in [6, 6.07) is 8.96. The van der Waals surface area contributed by atoms with Crippen LogP contribution in [0.5, 0.6) is 0 Å². The normalized spacial score (nSPS) is 24.8. The molecule has 3 nitrogen and oxygen atoms in total. The number of hydrogen-bond donors (Lipinski definition) is 1. The number of nitrogens with two attached hydrogens (primary N) is 1. The average molecular weight is 233 g/mol. The van der Waals surface area contributed by atoms with Crippen molar-refractivity contribution >= 4 is 0 Å². The zero-order valence-corrected chi connectivity index (χ0v) is 11.1. The number of piperazine rings is 1. The molecular formula is C14H23N3. The van der Waals surface area contributed by atoms with Gasteiger partial charge in [0.25, 0.3) is 0 Å². The number of nitrogens with zero attached hydrogens (tertiary/aromatic N) is 2. The molecule has 0 bridgehead atoms. The van der Waals surface area contributed by atoms with Gasteiger partial charge in [-0.2, -0.15) is 0 Å². The van der Waals surface area contributed by atoms with E-state index in [0.29, 0.717) is 6.04 Å². The Morgan fingerprint density at radius 1 is 1.24 bits per heavy atom. The summed E-state index contributed by atoms with van der Waals surface area (Å²) in [5, 5.41) is 0. The first-order valence-corrected chi connectivity index (χ1v) is 6.29. The molecule has 1 saturated heterocycles. The van der Waals surface area contributed by atoms with E-state index in [1.54, 1.807) is 0 Å². The van der Waals surface area contributed by atoms with E-state index in [1.807, 2.05) is 0 Å². The molecule has 1 aromatic carbocycles. The van der Waals surface area contributed by atoms with Crippen molar-refractivity contribution in [2.75, 3.05) is 33.7 Å². The second kappa shape index (κ2) is 5.17. The van der Waals surface area contributed by atoms with Gasteiger partial charge in [-0.05, 0) is 32.1 Å². The highest BCUT2D eigenvalue weighted by Crippen LogP contribution is 2.23. The summed E-state index contributed by atoms with van der Waals surface area (Å²) < 4.78 is 0. The first-order valence-electron chi connectivity index (χ1n) is 6.29. The van der Waals surface area contributed by atoms with Crippen LogP contribution in [-0.4, -0.2) is 49.6 Å². The van der Waals surface area contributed by atoms with Crippen LogP contribution >= 0.6 is 0 Å². The minimum atomic E-state index is 0.101. The summed E-state index contributed by atoms with van der Waals surface area (Å²) in [7, 11) is 4.35. The summed E-state index contributed by atoms with van der Waals surface area (Å²) in [5.41, 5.74) is 9.03. The first-order chi connectivity index (χ1) is 8.09. The molecule has 1 fully saturated rings. The molecule has 2 atom stereocenters. The molecule has 0 aromatic heterocycles. The fourth-order valence-corrected chi connectivity index (χ4v) is 2.60. The van der Waals surface area contributed by atoms with E-state index >= 15 is 0 Å². The molecule has 0 spiro atoms. The minimum Gasteiger partial charge on any atom is -0.323 e. The lowest BCUT2D eigenvalue weighted by Gasteiger charge is -2.41. The Bertz CT molecular complexity index is 377. The summed E-state index contributed by atoms with van der Waals surface area (Å²) in [5.74, 6) is 0. The van der Waals surface area contributed by atoms with Crippen molar-refractivity contribution in [3.05, 3.63) is 35.4 Å². The van der Waals surface area contributed by atoms with Gasteiger partial charge in [-0.3, -0.25) is 4.90 Å². The Balaban J connectivity index is 2.18. The summed E-state index contributed by atoms with van der Waals surface area (Å²) >= 11 is 0. The summed E-state index contributed by atoms with van der Waals surface area (Å²) in [4.78, 5) is 4.75. The van der Waals surface area contributed by atoms with Gasteiger partial charge >= 0.3 is 0 Å². The molecule has 2 rings (SSSR count). The average Bonchev–Trinajstić information content (AvgIpc) is 2.32.